The van der Waals surface area contributed by atoms with E-state index in [0.717, 1.165) is 29.7 Å². The second-order valence-corrected chi connectivity index (χ2v) is 6.35. The highest BCUT2D eigenvalue weighted by Crippen LogP contribution is 2.26. The van der Waals surface area contributed by atoms with Crippen LogP contribution in [0.4, 0.5) is 0 Å². The molecule has 1 saturated heterocycles. The van der Waals surface area contributed by atoms with E-state index in [9.17, 15) is 0 Å². The topological polar surface area (TPSA) is 43.4 Å². The van der Waals surface area contributed by atoms with Crippen LogP contribution >= 0.6 is 11.6 Å². The molecule has 1 unspecified atom stereocenters. The molecule has 4 nitrogen and oxygen atoms in total. The molecule has 5 heteroatoms. The number of halogens is 1. The Morgan fingerprint density at radius 1 is 1.43 bits per heavy atom. The minimum atomic E-state index is -0.153. The minimum Gasteiger partial charge on any atom is -0.490 e. The largest absolute Gasteiger partial charge is 0.490 e. The van der Waals surface area contributed by atoms with Gasteiger partial charge in [-0.25, -0.2) is 0 Å². The Balaban J connectivity index is 1.73. The van der Waals surface area contributed by atoms with E-state index in [-0.39, 0.29) is 11.7 Å². The Morgan fingerprint density at radius 3 is 3.10 bits per heavy atom. The predicted octanol–water partition coefficient (Wildman–Crippen LogP) is 3.03. The van der Waals surface area contributed by atoms with Gasteiger partial charge in [0.15, 0.2) is 0 Å². The van der Waals surface area contributed by atoms with Gasteiger partial charge >= 0.3 is 0 Å². The summed E-state index contributed by atoms with van der Waals surface area (Å²) >= 11 is 5.99. The van der Waals surface area contributed by atoms with E-state index >= 15 is 0 Å². The van der Waals surface area contributed by atoms with Crippen LogP contribution < -0.4 is 10.1 Å². The molecule has 21 heavy (non-hydrogen) atoms. The number of hydrogen-bond donors (Lipinski definition) is 1. The first-order chi connectivity index (χ1) is 10.0. The Bertz CT molecular complexity index is 645. The van der Waals surface area contributed by atoms with Crippen LogP contribution in [-0.2, 0) is 4.74 Å². The lowest BCUT2D eigenvalue weighted by molar-refractivity contribution is -0.106. The number of hydrogen-bond acceptors (Lipinski definition) is 4. The summed E-state index contributed by atoms with van der Waals surface area (Å²) in [7, 11) is 0. The van der Waals surface area contributed by atoms with E-state index < -0.39 is 0 Å². The second kappa shape index (κ2) is 5.79. The number of nitrogens with one attached hydrogen (secondary N) is 1. The summed E-state index contributed by atoms with van der Waals surface area (Å²) < 4.78 is 11.9. The molecule has 1 fully saturated rings. The molecule has 2 heterocycles. The Kier molecular flexibility index (Phi) is 4.02. The van der Waals surface area contributed by atoms with Crippen molar-refractivity contribution in [2.75, 3.05) is 19.7 Å². The first kappa shape index (κ1) is 14.6. The van der Waals surface area contributed by atoms with Crippen molar-refractivity contribution in [3.63, 3.8) is 0 Å². The van der Waals surface area contributed by atoms with Crippen molar-refractivity contribution in [1.82, 2.24) is 10.3 Å². The van der Waals surface area contributed by atoms with Crippen molar-refractivity contribution >= 4 is 22.5 Å². The zero-order valence-electron chi connectivity index (χ0n) is 12.2. The zero-order chi connectivity index (χ0) is 14.9. The number of fused-ring (bicyclic) bond motifs is 1. The van der Waals surface area contributed by atoms with Crippen LogP contribution in [0.5, 0.6) is 5.75 Å². The number of morpholine rings is 1. The molecule has 1 atom stereocenters. The SMILES string of the molecule is CC1(C)CNCC(COc2ccnc3cc(Cl)ccc23)O1. The van der Waals surface area contributed by atoms with Crippen LogP contribution in [0.25, 0.3) is 10.9 Å². The van der Waals surface area contributed by atoms with Gasteiger partial charge in [0.05, 0.1) is 11.1 Å². The van der Waals surface area contributed by atoms with Crippen LogP contribution in [0.3, 0.4) is 0 Å². The van der Waals surface area contributed by atoms with E-state index in [4.69, 9.17) is 21.1 Å². The summed E-state index contributed by atoms with van der Waals surface area (Å²) in [6, 6.07) is 7.49. The van der Waals surface area contributed by atoms with Gasteiger partial charge in [0.1, 0.15) is 18.5 Å². The standard InChI is InChI=1S/C16H19ClN2O2/c1-16(2)10-18-8-12(21-16)9-20-15-5-6-19-14-7-11(17)3-4-13(14)15/h3-7,12,18H,8-10H2,1-2H3. The van der Waals surface area contributed by atoms with Gasteiger partial charge in [0.2, 0.25) is 0 Å². The molecule has 0 saturated carbocycles. The molecule has 3 rings (SSSR count). The molecular weight excluding hydrogens is 288 g/mol. The lowest BCUT2D eigenvalue weighted by atomic mass is 10.1. The summed E-state index contributed by atoms with van der Waals surface area (Å²) in [5, 5.41) is 5.01. The lowest BCUT2D eigenvalue weighted by Gasteiger charge is -2.36. The fourth-order valence-electron chi connectivity index (χ4n) is 2.57. The van der Waals surface area contributed by atoms with E-state index in [1.165, 1.54) is 0 Å². The first-order valence-electron chi connectivity index (χ1n) is 7.09. The van der Waals surface area contributed by atoms with Crippen molar-refractivity contribution in [3.05, 3.63) is 35.5 Å². The van der Waals surface area contributed by atoms with Crippen LogP contribution in [0.1, 0.15) is 13.8 Å². The highest BCUT2D eigenvalue weighted by Gasteiger charge is 2.28. The first-order valence-corrected chi connectivity index (χ1v) is 7.47. The van der Waals surface area contributed by atoms with Crippen LogP contribution in [0, 0.1) is 0 Å². The third-order valence-electron chi connectivity index (χ3n) is 3.50. The fraction of sp³-hybridized carbons (Fsp3) is 0.438. The number of rotatable bonds is 3. The molecule has 0 radical (unpaired) electrons. The number of ether oxygens (including phenoxy) is 2. The lowest BCUT2D eigenvalue weighted by Crippen LogP contribution is -2.52. The quantitative estimate of drug-likeness (QED) is 0.946. The van der Waals surface area contributed by atoms with Crippen molar-refractivity contribution in [3.8, 4) is 5.75 Å². The molecule has 1 aliphatic rings. The third kappa shape index (κ3) is 3.46. The number of benzene rings is 1. The molecule has 2 aromatic rings. The number of aromatic nitrogens is 1. The van der Waals surface area contributed by atoms with Crippen molar-refractivity contribution in [1.29, 1.82) is 0 Å². The van der Waals surface area contributed by atoms with Gasteiger partial charge in [-0.3, -0.25) is 4.98 Å². The smallest absolute Gasteiger partial charge is 0.130 e. The highest BCUT2D eigenvalue weighted by molar-refractivity contribution is 6.31. The molecule has 1 N–H and O–H groups in total. The predicted molar refractivity (Wildman–Crippen MR) is 84.1 cm³/mol. The summed E-state index contributed by atoms with van der Waals surface area (Å²) in [5.41, 5.74) is 0.683. The molecule has 1 aromatic carbocycles. The van der Waals surface area contributed by atoms with Crippen LogP contribution in [0.15, 0.2) is 30.5 Å². The van der Waals surface area contributed by atoms with E-state index in [1.807, 2.05) is 24.3 Å². The molecule has 1 aliphatic heterocycles. The van der Waals surface area contributed by atoms with Crippen molar-refractivity contribution < 1.29 is 9.47 Å². The highest BCUT2D eigenvalue weighted by atomic mass is 35.5. The maximum absolute atomic E-state index is 6.00. The Hall–Kier alpha value is -1.36. The van der Waals surface area contributed by atoms with Crippen LogP contribution in [-0.4, -0.2) is 36.4 Å². The second-order valence-electron chi connectivity index (χ2n) is 5.91. The van der Waals surface area contributed by atoms with Gasteiger partial charge in [-0.15, -0.1) is 0 Å². The van der Waals surface area contributed by atoms with Crippen molar-refractivity contribution in [2.24, 2.45) is 0 Å². The maximum Gasteiger partial charge on any atom is 0.130 e. The van der Waals surface area contributed by atoms with Gasteiger partial charge in [0.25, 0.3) is 0 Å². The van der Waals surface area contributed by atoms with E-state index in [0.29, 0.717) is 11.6 Å². The van der Waals surface area contributed by atoms with Gasteiger partial charge in [-0.05, 0) is 38.1 Å². The summed E-state index contributed by atoms with van der Waals surface area (Å²) in [4.78, 5) is 4.31. The molecule has 1 aromatic heterocycles. The molecule has 0 amide bonds. The summed E-state index contributed by atoms with van der Waals surface area (Å²) in [5.74, 6) is 0.809. The van der Waals surface area contributed by atoms with Crippen LogP contribution in [0.2, 0.25) is 5.02 Å². The zero-order valence-corrected chi connectivity index (χ0v) is 13.0. The summed E-state index contributed by atoms with van der Waals surface area (Å²) in [6.07, 6.45) is 1.78. The van der Waals surface area contributed by atoms with Crippen molar-refractivity contribution in [2.45, 2.75) is 25.6 Å². The molecule has 0 bridgehead atoms. The maximum atomic E-state index is 6.00. The van der Waals surface area contributed by atoms with E-state index in [2.05, 4.69) is 24.1 Å². The minimum absolute atomic E-state index is 0.0456. The molecule has 0 spiro atoms. The number of pyridine rings is 1. The Labute approximate surface area is 129 Å². The molecule has 0 aliphatic carbocycles. The third-order valence-corrected chi connectivity index (χ3v) is 3.73. The average molecular weight is 307 g/mol. The van der Waals surface area contributed by atoms with Gasteiger partial charge < -0.3 is 14.8 Å². The van der Waals surface area contributed by atoms with Gasteiger partial charge in [-0.2, -0.15) is 0 Å². The fourth-order valence-corrected chi connectivity index (χ4v) is 2.73. The van der Waals surface area contributed by atoms with Gasteiger partial charge in [0, 0.05) is 29.7 Å². The molecule has 112 valence electrons. The summed E-state index contributed by atoms with van der Waals surface area (Å²) in [6.45, 7) is 6.34. The Morgan fingerprint density at radius 2 is 2.29 bits per heavy atom. The van der Waals surface area contributed by atoms with E-state index in [1.54, 1.807) is 6.20 Å². The normalized spacial score (nSPS) is 21.4. The average Bonchev–Trinajstić information content (AvgIpc) is 2.43. The number of nitrogens with zero attached hydrogens (tertiary/aromatic N) is 1. The molecular formula is C16H19ClN2O2. The monoisotopic (exact) mass is 306 g/mol. The van der Waals surface area contributed by atoms with Gasteiger partial charge in [-0.1, -0.05) is 11.6 Å².